The highest BCUT2D eigenvalue weighted by Crippen LogP contribution is 2.31. The molecule has 1 aliphatic carbocycles. The summed E-state index contributed by atoms with van der Waals surface area (Å²) >= 11 is 0. The molecule has 1 aromatic rings. The molecular formula is C12H17N3O. The van der Waals surface area contributed by atoms with E-state index in [1.165, 1.54) is 19.3 Å². The molecule has 1 atom stereocenters. The molecule has 1 aliphatic heterocycles. The van der Waals surface area contributed by atoms with E-state index in [-0.39, 0.29) is 0 Å². The molecule has 86 valence electrons. The maximum absolute atomic E-state index is 5.43. The van der Waals surface area contributed by atoms with Gasteiger partial charge < -0.3 is 9.64 Å². The molecule has 0 radical (unpaired) electrons. The van der Waals surface area contributed by atoms with Crippen molar-refractivity contribution in [1.29, 1.82) is 0 Å². The van der Waals surface area contributed by atoms with Crippen LogP contribution in [0.5, 0.6) is 0 Å². The third-order valence-electron chi connectivity index (χ3n) is 3.28. The first-order chi connectivity index (χ1) is 7.93. The topological polar surface area (TPSA) is 38.2 Å². The quantitative estimate of drug-likeness (QED) is 0.769. The standard InChI is InChI=1S/C12H17N3O/c1-5-13-12(14-6-1)15(11-2-3-11)8-10-4-7-16-9-10/h1,5-6,10-11H,2-4,7-9H2. The highest BCUT2D eigenvalue weighted by Gasteiger charge is 2.33. The molecule has 0 spiro atoms. The minimum absolute atomic E-state index is 0.657. The van der Waals surface area contributed by atoms with E-state index in [1.807, 2.05) is 18.5 Å². The van der Waals surface area contributed by atoms with Gasteiger partial charge >= 0.3 is 0 Å². The lowest BCUT2D eigenvalue weighted by atomic mass is 10.1. The smallest absolute Gasteiger partial charge is 0.225 e. The fourth-order valence-electron chi connectivity index (χ4n) is 2.23. The summed E-state index contributed by atoms with van der Waals surface area (Å²) in [7, 11) is 0. The van der Waals surface area contributed by atoms with Crippen LogP contribution in [0.4, 0.5) is 5.95 Å². The van der Waals surface area contributed by atoms with Crippen molar-refractivity contribution in [1.82, 2.24) is 9.97 Å². The zero-order valence-corrected chi connectivity index (χ0v) is 9.38. The predicted octanol–water partition coefficient (Wildman–Crippen LogP) is 1.48. The summed E-state index contributed by atoms with van der Waals surface area (Å²) in [6.07, 6.45) is 7.39. The first kappa shape index (κ1) is 10.0. The monoisotopic (exact) mass is 219 g/mol. The SMILES string of the molecule is c1cnc(N(CC2CCOC2)C2CC2)nc1. The minimum Gasteiger partial charge on any atom is -0.381 e. The third-order valence-corrected chi connectivity index (χ3v) is 3.28. The molecule has 16 heavy (non-hydrogen) atoms. The summed E-state index contributed by atoms with van der Waals surface area (Å²) in [5, 5.41) is 0. The summed E-state index contributed by atoms with van der Waals surface area (Å²) in [6, 6.07) is 2.54. The summed E-state index contributed by atoms with van der Waals surface area (Å²) in [4.78, 5) is 11.1. The molecule has 1 saturated carbocycles. The van der Waals surface area contributed by atoms with E-state index in [0.717, 1.165) is 25.7 Å². The van der Waals surface area contributed by atoms with Crippen LogP contribution in [0.25, 0.3) is 0 Å². The molecule has 3 rings (SSSR count). The summed E-state index contributed by atoms with van der Waals surface area (Å²) < 4.78 is 5.43. The van der Waals surface area contributed by atoms with Gasteiger partial charge in [0.1, 0.15) is 0 Å². The lowest BCUT2D eigenvalue weighted by Crippen LogP contribution is -2.33. The van der Waals surface area contributed by atoms with Gasteiger partial charge in [-0.3, -0.25) is 0 Å². The lowest BCUT2D eigenvalue weighted by Gasteiger charge is -2.24. The van der Waals surface area contributed by atoms with Gasteiger partial charge in [0.25, 0.3) is 0 Å². The van der Waals surface area contributed by atoms with Crippen LogP contribution in [0.1, 0.15) is 19.3 Å². The van der Waals surface area contributed by atoms with E-state index in [2.05, 4.69) is 14.9 Å². The van der Waals surface area contributed by atoms with E-state index in [0.29, 0.717) is 12.0 Å². The maximum atomic E-state index is 5.43. The average molecular weight is 219 g/mol. The van der Waals surface area contributed by atoms with Crippen LogP contribution in [0.2, 0.25) is 0 Å². The average Bonchev–Trinajstić information content (AvgIpc) is 3.05. The number of rotatable bonds is 4. The number of hydrogen-bond acceptors (Lipinski definition) is 4. The van der Waals surface area contributed by atoms with Gasteiger partial charge in [-0.25, -0.2) is 9.97 Å². The Hall–Kier alpha value is -1.16. The first-order valence-corrected chi connectivity index (χ1v) is 6.05. The molecule has 2 aliphatic rings. The van der Waals surface area contributed by atoms with Gasteiger partial charge in [-0.05, 0) is 25.3 Å². The van der Waals surface area contributed by atoms with E-state index < -0.39 is 0 Å². The number of nitrogens with zero attached hydrogens (tertiary/aromatic N) is 3. The van der Waals surface area contributed by atoms with Crippen LogP contribution < -0.4 is 4.90 Å². The number of hydrogen-bond donors (Lipinski definition) is 0. The molecule has 4 heteroatoms. The Morgan fingerprint density at radius 3 is 2.69 bits per heavy atom. The van der Waals surface area contributed by atoms with Crippen molar-refractivity contribution < 1.29 is 4.74 Å². The summed E-state index contributed by atoms with van der Waals surface area (Å²) in [5.41, 5.74) is 0. The highest BCUT2D eigenvalue weighted by molar-refractivity contribution is 5.33. The van der Waals surface area contributed by atoms with Crippen LogP contribution in [-0.2, 0) is 4.74 Å². The van der Waals surface area contributed by atoms with E-state index in [4.69, 9.17) is 4.74 Å². The summed E-state index contributed by atoms with van der Waals surface area (Å²) in [6.45, 7) is 2.86. The minimum atomic E-state index is 0.657. The second-order valence-electron chi connectivity index (χ2n) is 4.66. The van der Waals surface area contributed by atoms with Crippen LogP contribution >= 0.6 is 0 Å². The van der Waals surface area contributed by atoms with Crippen molar-refractivity contribution in [3.8, 4) is 0 Å². The van der Waals surface area contributed by atoms with Gasteiger partial charge in [-0.2, -0.15) is 0 Å². The fourth-order valence-corrected chi connectivity index (χ4v) is 2.23. The molecule has 0 aromatic carbocycles. The molecule has 0 bridgehead atoms. The Bertz CT molecular complexity index is 333. The van der Waals surface area contributed by atoms with Crippen LogP contribution in [0, 0.1) is 5.92 Å². The van der Waals surface area contributed by atoms with Gasteiger partial charge in [0.2, 0.25) is 5.95 Å². The van der Waals surface area contributed by atoms with E-state index >= 15 is 0 Å². The number of anilines is 1. The lowest BCUT2D eigenvalue weighted by molar-refractivity contribution is 0.186. The van der Waals surface area contributed by atoms with Gasteiger partial charge in [0, 0.05) is 37.5 Å². The molecule has 1 unspecified atom stereocenters. The zero-order chi connectivity index (χ0) is 10.8. The molecule has 2 fully saturated rings. The second kappa shape index (κ2) is 4.37. The fraction of sp³-hybridized carbons (Fsp3) is 0.667. The Balaban J connectivity index is 1.71. The van der Waals surface area contributed by atoms with Crippen molar-refractivity contribution in [2.75, 3.05) is 24.7 Å². The van der Waals surface area contributed by atoms with Crippen molar-refractivity contribution >= 4 is 5.95 Å². The molecule has 0 amide bonds. The highest BCUT2D eigenvalue weighted by atomic mass is 16.5. The van der Waals surface area contributed by atoms with E-state index in [9.17, 15) is 0 Å². The van der Waals surface area contributed by atoms with Crippen LogP contribution in [0.3, 0.4) is 0 Å². The Morgan fingerprint density at radius 2 is 2.06 bits per heavy atom. The third kappa shape index (κ3) is 2.16. The van der Waals surface area contributed by atoms with Gasteiger partial charge in [-0.15, -0.1) is 0 Å². The normalized spacial score (nSPS) is 24.6. The summed E-state index contributed by atoms with van der Waals surface area (Å²) in [5.74, 6) is 1.54. The van der Waals surface area contributed by atoms with Crippen LogP contribution in [0.15, 0.2) is 18.5 Å². The van der Waals surface area contributed by atoms with Gasteiger partial charge in [-0.1, -0.05) is 0 Å². The first-order valence-electron chi connectivity index (χ1n) is 6.05. The molecule has 4 nitrogen and oxygen atoms in total. The van der Waals surface area contributed by atoms with Crippen molar-refractivity contribution in [2.45, 2.75) is 25.3 Å². The van der Waals surface area contributed by atoms with E-state index in [1.54, 1.807) is 0 Å². The Morgan fingerprint density at radius 1 is 1.25 bits per heavy atom. The predicted molar refractivity (Wildman–Crippen MR) is 61.3 cm³/mol. The second-order valence-corrected chi connectivity index (χ2v) is 4.66. The molecule has 0 N–H and O–H groups in total. The number of ether oxygens (including phenoxy) is 1. The van der Waals surface area contributed by atoms with Crippen molar-refractivity contribution in [3.05, 3.63) is 18.5 Å². The molecule has 1 aromatic heterocycles. The maximum Gasteiger partial charge on any atom is 0.225 e. The Labute approximate surface area is 95.7 Å². The van der Waals surface area contributed by atoms with Crippen molar-refractivity contribution in [2.24, 2.45) is 5.92 Å². The zero-order valence-electron chi connectivity index (χ0n) is 9.38. The molecular weight excluding hydrogens is 202 g/mol. The molecule has 1 saturated heterocycles. The van der Waals surface area contributed by atoms with Crippen molar-refractivity contribution in [3.63, 3.8) is 0 Å². The van der Waals surface area contributed by atoms with Gasteiger partial charge in [0.15, 0.2) is 0 Å². The number of aromatic nitrogens is 2. The largest absolute Gasteiger partial charge is 0.381 e. The van der Waals surface area contributed by atoms with Gasteiger partial charge in [0.05, 0.1) is 6.61 Å². The van der Waals surface area contributed by atoms with Crippen LogP contribution in [-0.4, -0.2) is 35.8 Å². The molecule has 2 heterocycles. The Kier molecular flexibility index (Phi) is 2.74.